The lowest BCUT2D eigenvalue weighted by Crippen LogP contribution is -2.34. The minimum Gasteiger partial charge on any atom is -0.298 e. The van der Waals surface area contributed by atoms with Crippen LogP contribution in [0.3, 0.4) is 0 Å². The third kappa shape index (κ3) is 4.68. The van der Waals surface area contributed by atoms with Gasteiger partial charge in [-0.2, -0.15) is 5.26 Å². The van der Waals surface area contributed by atoms with Crippen LogP contribution in [0.4, 0.5) is 0 Å². The highest BCUT2D eigenvalue weighted by molar-refractivity contribution is 9.09. The highest BCUT2D eigenvalue weighted by atomic mass is 79.9. The summed E-state index contributed by atoms with van der Waals surface area (Å²) in [7, 11) is 0. The molecule has 0 N–H and O–H groups in total. The number of hydrogen-bond acceptors (Lipinski definition) is 2. The Morgan fingerprint density at radius 2 is 1.95 bits per heavy atom. The normalized spacial score (nSPS) is 14.3. The summed E-state index contributed by atoms with van der Waals surface area (Å²) in [6.45, 7) is 7.96. The van der Waals surface area contributed by atoms with Gasteiger partial charge in [-0.15, -0.1) is 0 Å². The van der Waals surface area contributed by atoms with Gasteiger partial charge in [-0.05, 0) is 46.1 Å². The predicted molar refractivity (Wildman–Crippen MR) is 90.6 cm³/mol. The largest absolute Gasteiger partial charge is 0.298 e. The lowest BCUT2D eigenvalue weighted by atomic mass is 9.73. The average molecular weight is 350 g/mol. The SMILES string of the molecule is Cc1cccc(C(C)(CCCC(C)(C)C#N)C(=O)CBr)c1. The third-order valence-electron chi connectivity index (χ3n) is 4.17. The molecule has 1 aromatic carbocycles. The molecule has 0 aliphatic rings. The third-order valence-corrected chi connectivity index (χ3v) is 4.68. The van der Waals surface area contributed by atoms with Crippen molar-refractivity contribution in [3.63, 3.8) is 0 Å². The van der Waals surface area contributed by atoms with Gasteiger partial charge in [-0.25, -0.2) is 0 Å². The van der Waals surface area contributed by atoms with Crippen LogP contribution in [-0.2, 0) is 10.2 Å². The number of carbonyl (C=O) groups excluding carboxylic acids is 1. The maximum atomic E-state index is 12.5. The standard InChI is InChI=1S/C18H24BrNO/c1-14-7-5-8-15(11-14)18(4,16(21)12-19)10-6-9-17(2,3)13-20/h5,7-8,11H,6,9-10,12H2,1-4H3. The van der Waals surface area contributed by atoms with Crippen molar-refractivity contribution in [2.24, 2.45) is 5.41 Å². The smallest absolute Gasteiger partial charge is 0.153 e. The Bertz CT molecular complexity index is 544. The molecular formula is C18H24BrNO. The van der Waals surface area contributed by atoms with Crippen molar-refractivity contribution < 1.29 is 4.79 Å². The van der Waals surface area contributed by atoms with Crippen molar-refractivity contribution in [2.45, 2.75) is 52.4 Å². The number of halogens is 1. The Morgan fingerprint density at radius 3 is 2.48 bits per heavy atom. The van der Waals surface area contributed by atoms with Gasteiger partial charge in [0.2, 0.25) is 0 Å². The molecule has 114 valence electrons. The van der Waals surface area contributed by atoms with Gasteiger partial charge in [0.15, 0.2) is 5.78 Å². The van der Waals surface area contributed by atoms with Crippen LogP contribution in [0.2, 0.25) is 0 Å². The summed E-state index contributed by atoms with van der Waals surface area (Å²) in [6.07, 6.45) is 2.44. The van der Waals surface area contributed by atoms with E-state index < -0.39 is 5.41 Å². The number of ketones is 1. The summed E-state index contributed by atoms with van der Waals surface area (Å²) >= 11 is 3.31. The molecule has 0 aromatic heterocycles. The fourth-order valence-electron chi connectivity index (χ4n) is 2.52. The molecule has 0 radical (unpaired) electrons. The molecule has 2 nitrogen and oxygen atoms in total. The molecule has 1 unspecified atom stereocenters. The van der Waals surface area contributed by atoms with E-state index in [-0.39, 0.29) is 11.2 Å². The molecule has 0 amide bonds. The van der Waals surface area contributed by atoms with Gasteiger partial charge in [-0.1, -0.05) is 52.2 Å². The number of nitrogens with zero attached hydrogens (tertiary/aromatic N) is 1. The highest BCUT2D eigenvalue weighted by Crippen LogP contribution is 2.34. The van der Waals surface area contributed by atoms with Crippen molar-refractivity contribution in [3.05, 3.63) is 35.4 Å². The van der Waals surface area contributed by atoms with E-state index in [4.69, 9.17) is 5.26 Å². The van der Waals surface area contributed by atoms with Gasteiger partial charge in [0.05, 0.1) is 22.2 Å². The van der Waals surface area contributed by atoms with E-state index in [1.54, 1.807) is 0 Å². The summed E-state index contributed by atoms with van der Waals surface area (Å²) in [5, 5.41) is 9.47. The first kappa shape index (κ1) is 17.9. The van der Waals surface area contributed by atoms with Gasteiger partial charge in [0.25, 0.3) is 0 Å². The average Bonchev–Trinajstić information content (AvgIpc) is 2.46. The molecule has 0 spiro atoms. The summed E-state index contributed by atoms with van der Waals surface area (Å²) in [6, 6.07) is 10.5. The van der Waals surface area contributed by atoms with E-state index in [2.05, 4.69) is 28.1 Å². The maximum Gasteiger partial charge on any atom is 0.153 e. The summed E-state index contributed by atoms with van der Waals surface area (Å²) in [4.78, 5) is 12.5. The zero-order chi connectivity index (χ0) is 16.1. The van der Waals surface area contributed by atoms with Crippen LogP contribution in [0.15, 0.2) is 24.3 Å². The van der Waals surface area contributed by atoms with E-state index in [1.807, 2.05) is 45.9 Å². The topological polar surface area (TPSA) is 40.9 Å². The molecule has 21 heavy (non-hydrogen) atoms. The van der Waals surface area contributed by atoms with Crippen molar-refractivity contribution >= 4 is 21.7 Å². The molecule has 0 aliphatic heterocycles. The number of alkyl halides is 1. The Kier molecular flexibility index (Phi) is 6.16. The van der Waals surface area contributed by atoms with Crippen molar-refractivity contribution in [1.82, 2.24) is 0 Å². The summed E-state index contributed by atoms with van der Waals surface area (Å²) < 4.78 is 0. The summed E-state index contributed by atoms with van der Waals surface area (Å²) in [5.41, 5.74) is 1.42. The molecule has 0 heterocycles. The Hall–Kier alpha value is -1.14. The Labute approximate surface area is 136 Å². The Balaban J connectivity index is 2.96. The summed E-state index contributed by atoms with van der Waals surface area (Å²) in [5.74, 6) is 0.197. The fraction of sp³-hybridized carbons (Fsp3) is 0.556. The fourth-order valence-corrected chi connectivity index (χ4v) is 3.14. The number of nitriles is 1. The number of hydrogen-bond donors (Lipinski definition) is 0. The first-order valence-electron chi connectivity index (χ1n) is 7.33. The molecule has 1 atom stereocenters. The number of carbonyl (C=O) groups is 1. The van der Waals surface area contributed by atoms with Crippen LogP contribution in [0.5, 0.6) is 0 Å². The van der Waals surface area contributed by atoms with E-state index >= 15 is 0 Å². The van der Waals surface area contributed by atoms with Crippen LogP contribution >= 0.6 is 15.9 Å². The minimum atomic E-state index is -0.485. The van der Waals surface area contributed by atoms with E-state index in [0.29, 0.717) is 5.33 Å². The minimum absolute atomic E-state index is 0.197. The second-order valence-corrected chi connectivity index (χ2v) is 7.17. The molecule has 0 saturated carbocycles. The van der Waals surface area contributed by atoms with Crippen molar-refractivity contribution in [1.29, 1.82) is 5.26 Å². The molecule has 3 heteroatoms. The second kappa shape index (κ2) is 7.22. The first-order valence-corrected chi connectivity index (χ1v) is 8.45. The molecule has 0 saturated heterocycles. The van der Waals surface area contributed by atoms with Crippen molar-refractivity contribution in [2.75, 3.05) is 5.33 Å². The molecule has 1 rings (SSSR count). The predicted octanol–water partition coefficient (Wildman–Crippen LogP) is 4.94. The van der Waals surface area contributed by atoms with Gasteiger partial charge in [0.1, 0.15) is 0 Å². The highest BCUT2D eigenvalue weighted by Gasteiger charge is 2.34. The molecule has 1 aromatic rings. The molecule has 0 fully saturated rings. The molecule has 0 bridgehead atoms. The van der Waals surface area contributed by atoms with Crippen LogP contribution in [0, 0.1) is 23.7 Å². The van der Waals surface area contributed by atoms with Crippen molar-refractivity contribution in [3.8, 4) is 6.07 Å². The van der Waals surface area contributed by atoms with E-state index in [9.17, 15) is 4.79 Å². The number of Topliss-reactive ketones (excluding diaryl/α,β-unsaturated/α-hetero) is 1. The second-order valence-electron chi connectivity index (χ2n) is 6.61. The van der Waals surface area contributed by atoms with Crippen LogP contribution in [-0.4, -0.2) is 11.1 Å². The zero-order valence-corrected chi connectivity index (χ0v) is 15.0. The number of aryl methyl sites for hydroxylation is 1. The first-order chi connectivity index (χ1) is 9.75. The lowest BCUT2D eigenvalue weighted by Gasteiger charge is -2.29. The number of rotatable bonds is 7. The van der Waals surface area contributed by atoms with Crippen LogP contribution in [0.25, 0.3) is 0 Å². The van der Waals surface area contributed by atoms with E-state index in [0.717, 1.165) is 24.8 Å². The number of benzene rings is 1. The van der Waals surface area contributed by atoms with Gasteiger partial charge in [-0.3, -0.25) is 4.79 Å². The molecule has 0 aliphatic carbocycles. The zero-order valence-electron chi connectivity index (χ0n) is 13.4. The van der Waals surface area contributed by atoms with Crippen LogP contribution in [0.1, 0.15) is 51.2 Å². The monoisotopic (exact) mass is 349 g/mol. The van der Waals surface area contributed by atoms with E-state index in [1.165, 1.54) is 5.56 Å². The molecular weight excluding hydrogens is 326 g/mol. The Morgan fingerprint density at radius 1 is 1.29 bits per heavy atom. The quantitative estimate of drug-likeness (QED) is 0.654. The van der Waals surface area contributed by atoms with Gasteiger partial charge < -0.3 is 0 Å². The maximum absolute atomic E-state index is 12.5. The lowest BCUT2D eigenvalue weighted by molar-refractivity contribution is -0.121. The van der Waals surface area contributed by atoms with Gasteiger partial charge in [0, 0.05) is 0 Å². The van der Waals surface area contributed by atoms with Crippen LogP contribution < -0.4 is 0 Å². The van der Waals surface area contributed by atoms with Gasteiger partial charge >= 0.3 is 0 Å².